The number of carboxylic acids is 1. The zero-order valence-corrected chi connectivity index (χ0v) is 11.1. The Bertz CT molecular complexity index is 696. The zero-order chi connectivity index (χ0) is 14.6. The van der Waals surface area contributed by atoms with Crippen molar-refractivity contribution in [1.82, 2.24) is 19.5 Å². The molecular weight excluding hydrogens is 284 g/mol. The first-order valence-corrected chi connectivity index (χ1v) is 7.08. The van der Waals surface area contributed by atoms with E-state index >= 15 is 0 Å². The van der Waals surface area contributed by atoms with Gasteiger partial charge in [-0.15, -0.1) is 0 Å². The van der Waals surface area contributed by atoms with Gasteiger partial charge in [0.25, 0.3) is 0 Å². The Morgan fingerprint density at radius 2 is 2.20 bits per heavy atom. The Labute approximate surface area is 115 Å². The molecule has 8 nitrogen and oxygen atoms in total. The lowest BCUT2D eigenvalue weighted by molar-refractivity contribution is -0.137. The third kappa shape index (κ3) is 3.62. The van der Waals surface area contributed by atoms with Crippen LogP contribution in [0.4, 0.5) is 0 Å². The molecule has 0 saturated carbocycles. The molecule has 2 rings (SSSR count). The maximum atomic E-state index is 12.0. The topological polar surface area (TPSA) is 114 Å². The molecule has 0 aliphatic carbocycles. The molecule has 0 spiro atoms. The standard InChI is InChI=1S/C11H12N4O4S/c16-11(17)8-15-7-10(6-13-15)20(18,19)14-5-9-2-1-3-12-4-9/h1-4,6-7,14H,5,8H2,(H,16,17). The van der Waals surface area contributed by atoms with E-state index < -0.39 is 22.5 Å². The molecule has 20 heavy (non-hydrogen) atoms. The van der Waals surface area contributed by atoms with Gasteiger partial charge >= 0.3 is 5.97 Å². The van der Waals surface area contributed by atoms with Crippen molar-refractivity contribution < 1.29 is 18.3 Å². The van der Waals surface area contributed by atoms with Gasteiger partial charge in [0.05, 0.1) is 6.20 Å². The molecule has 106 valence electrons. The Morgan fingerprint density at radius 1 is 1.40 bits per heavy atom. The normalized spacial score (nSPS) is 11.4. The molecule has 0 aliphatic heterocycles. The van der Waals surface area contributed by atoms with Gasteiger partial charge in [-0.2, -0.15) is 5.10 Å². The van der Waals surface area contributed by atoms with Crippen molar-refractivity contribution in [3.8, 4) is 0 Å². The molecular formula is C11H12N4O4S. The molecule has 0 bridgehead atoms. The summed E-state index contributed by atoms with van der Waals surface area (Å²) in [5.74, 6) is -1.10. The van der Waals surface area contributed by atoms with Crippen LogP contribution in [0, 0.1) is 0 Å². The fraction of sp³-hybridized carbons (Fsp3) is 0.182. The number of aliphatic carboxylic acids is 1. The summed E-state index contributed by atoms with van der Waals surface area (Å²) >= 11 is 0. The molecule has 0 fully saturated rings. The minimum Gasteiger partial charge on any atom is -0.480 e. The molecule has 0 atom stereocenters. The lowest BCUT2D eigenvalue weighted by Gasteiger charge is -2.04. The van der Waals surface area contributed by atoms with Crippen molar-refractivity contribution in [2.75, 3.05) is 0 Å². The third-order valence-corrected chi connectivity index (χ3v) is 3.76. The fourth-order valence-electron chi connectivity index (χ4n) is 1.47. The van der Waals surface area contributed by atoms with Crippen molar-refractivity contribution in [2.24, 2.45) is 0 Å². The van der Waals surface area contributed by atoms with Gasteiger partial charge in [0.2, 0.25) is 10.0 Å². The fourth-order valence-corrected chi connectivity index (χ4v) is 2.44. The molecule has 0 radical (unpaired) electrons. The van der Waals surface area contributed by atoms with E-state index in [9.17, 15) is 13.2 Å². The summed E-state index contributed by atoms with van der Waals surface area (Å²) in [4.78, 5) is 14.3. The lowest BCUT2D eigenvalue weighted by atomic mass is 10.3. The van der Waals surface area contributed by atoms with E-state index in [1.165, 1.54) is 6.20 Å². The zero-order valence-electron chi connectivity index (χ0n) is 10.3. The van der Waals surface area contributed by atoms with E-state index in [1.54, 1.807) is 24.5 Å². The average Bonchev–Trinajstić information content (AvgIpc) is 2.86. The number of pyridine rings is 1. The molecule has 0 amide bonds. The SMILES string of the molecule is O=C(O)Cn1cc(S(=O)(=O)NCc2cccnc2)cn1. The van der Waals surface area contributed by atoms with Crippen LogP contribution in [0.3, 0.4) is 0 Å². The van der Waals surface area contributed by atoms with Crippen LogP contribution in [0.25, 0.3) is 0 Å². The number of hydrogen-bond donors (Lipinski definition) is 2. The summed E-state index contributed by atoms with van der Waals surface area (Å²) in [5, 5.41) is 12.3. The monoisotopic (exact) mass is 296 g/mol. The largest absolute Gasteiger partial charge is 0.480 e. The Balaban J connectivity index is 2.06. The van der Waals surface area contributed by atoms with Gasteiger partial charge < -0.3 is 5.11 Å². The summed E-state index contributed by atoms with van der Waals surface area (Å²) in [6, 6.07) is 3.44. The van der Waals surface area contributed by atoms with Gasteiger partial charge in [-0.1, -0.05) is 6.07 Å². The van der Waals surface area contributed by atoms with Crippen LogP contribution in [0.15, 0.2) is 41.8 Å². The first kappa shape index (κ1) is 14.2. The van der Waals surface area contributed by atoms with Crippen LogP contribution < -0.4 is 4.72 Å². The van der Waals surface area contributed by atoms with E-state index in [2.05, 4.69) is 14.8 Å². The number of carboxylic acid groups (broad SMARTS) is 1. The number of nitrogens with one attached hydrogen (secondary N) is 1. The van der Waals surface area contributed by atoms with Crippen LogP contribution in [0.5, 0.6) is 0 Å². The quantitative estimate of drug-likeness (QED) is 0.765. The predicted molar refractivity (Wildman–Crippen MR) is 68.1 cm³/mol. The Kier molecular flexibility index (Phi) is 4.11. The molecule has 9 heteroatoms. The average molecular weight is 296 g/mol. The first-order valence-electron chi connectivity index (χ1n) is 5.60. The van der Waals surface area contributed by atoms with Crippen molar-refractivity contribution in [3.05, 3.63) is 42.5 Å². The number of hydrogen-bond acceptors (Lipinski definition) is 5. The minimum absolute atomic E-state index is 0.0809. The van der Waals surface area contributed by atoms with E-state index in [0.717, 1.165) is 10.9 Å². The van der Waals surface area contributed by atoms with E-state index in [-0.39, 0.29) is 11.4 Å². The smallest absolute Gasteiger partial charge is 0.325 e. The molecule has 0 saturated heterocycles. The van der Waals surface area contributed by atoms with Gasteiger partial charge in [-0.05, 0) is 11.6 Å². The van der Waals surface area contributed by atoms with Gasteiger partial charge in [-0.25, -0.2) is 13.1 Å². The number of aromatic nitrogens is 3. The second-order valence-electron chi connectivity index (χ2n) is 3.95. The Hall–Kier alpha value is -2.26. The lowest BCUT2D eigenvalue weighted by Crippen LogP contribution is -2.23. The summed E-state index contributed by atoms with van der Waals surface area (Å²) < 4.78 is 27.4. The molecule has 0 unspecified atom stereocenters. The summed E-state index contributed by atoms with van der Waals surface area (Å²) in [7, 11) is -3.73. The Morgan fingerprint density at radius 3 is 2.85 bits per heavy atom. The predicted octanol–water partition coefficient (Wildman–Crippen LogP) is -0.159. The van der Waals surface area contributed by atoms with Gasteiger partial charge in [0.1, 0.15) is 11.4 Å². The number of carbonyl (C=O) groups is 1. The van der Waals surface area contributed by atoms with E-state index in [0.29, 0.717) is 5.56 Å². The second kappa shape index (κ2) is 5.80. The van der Waals surface area contributed by atoms with Crippen LogP contribution >= 0.6 is 0 Å². The molecule has 2 aromatic rings. The third-order valence-electron chi connectivity index (χ3n) is 2.41. The first-order chi connectivity index (χ1) is 9.47. The molecule has 2 aromatic heterocycles. The number of nitrogens with zero attached hydrogens (tertiary/aromatic N) is 3. The van der Waals surface area contributed by atoms with Gasteiger partial charge in [-0.3, -0.25) is 14.5 Å². The van der Waals surface area contributed by atoms with Crippen LogP contribution in [-0.2, 0) is 27.9 Å². The number of sulfonamides is 1. The van der Waals surface area contributed by atoms with E-state index in [1.807, 2.05) is 0 Å². The van der Waals surface area contributed by atoms with Crippen LogP contribution in [0.1, 0.15) is 5.56 Å². The van der Waals surface area contributed by atoms with Crippen LogP contribution in [-0.4, -0.2) is 34.3 Å². The summed E-state index contributed by atoms with van der Waals surface area (Å²) in [6.07, 6.45) is 5.42. The summed E-state index contributed by atoms with van der Waals surface area (Å²) in [6.45, 7) is -0.293. The van der Waals surface area contributed by atoms with Gasteiger partial charge in [0.15, 0.2) is 0 Å². The maximum Gasteiger partial charge on any atom is 0.325 e. The molecule has 0 aliphatic rings. The molecule has 0 aromatic carbocycles. The van der Waals surface area contributed by atoms with Crippen LogP contribution in [0.2, 0.25) is 0 Å². The highest BCUT2D eigenvalue weighted by Gasteiger charge is 2.16. The highest BCUT2D eigenvalue weighted by Crippen LogP contribution is 2.08. The molecule has 2 heterocycles. The highest BCUT2D eigenvalue weighted by molar-refractivity contribution is 7.89. The van der Waals surface area contributed by atoms with Gasteiger partial charge in [0, 0.05) is 25.1 Å². The van der Waals surface area contributed by atoms with Crippen molar-refractivity contribution in [1.29, 1.82) is 0 Å². The van der Waals surface area contributed by atoms with Crippen molar-refractivity contribution >= 4 is 16.0 Å². The second-order valence-corrected chi connectivity index (χ2v) is 5.72. The minimum atomic E-state index is -3.73. The van der Waals surface area contributed by atoms with E-state index in [4.69, 9.17) is 5.11 Å². The highest BCUT2D eigenvalue weighted by atomic mass is 32.2. The van der Waals surface area contributed by atoms with Crippen molar-refractivity contribution in [3.63, 3.8) is 0 Å². The maximum absolute atomic E-state index is 12.0. The number of rotatable bonds is 6. The summed E-state index contributed by atoms with van der Waals surface area (Å²) in [5.41, 5.74) is 0.717. The molecule has 2 N–H and O–H groups in total. The van der Waals surface area contributed by atoms with Crippen molar-refractivity contribution in [2.45, 2.75) is 18.0 Å².